The Morgan fingerprint density at radius 2 is 2.31 bits per heavy atom. The summed E-state index contributed by atoms with van der Waals surface area (Å²) in [7, 11) is 0. The van der Waals surface area contributed by atoms with Gasteiger partial charge >= 0.3 is 0 Å². The van der Waals surface area contributed by atoms with Crippen molar-refractivity contribution >= 4 is 35.7 Å². The highest BCUT2D eigenvalue weighted by atomic mass is 32.2. The van der Waals surface area contributed by atoms with Crippen LogP contribution >= 0.6 is 35.7 Å². The molecule has 2 rings (SSSR count). The van der Waals surface area contributed by atoms with Crippen LogP contribution in [0.25, 0.3) is 0 Å². The molecule has 1 unspecified atom stereocenters. The van der Waals surface area contributed by atoms with Crippen molar-refractivity contribution in [1.29, 1.82) is 0 Å². The van der Waals surface area contributed by atoms with Crippen molar-refractivity contribution in [1.82, 2.24) is 0 Å². The predicted octanol–water partition coefficient (Wildman–Crippen LogP) is 4.34. The van der Waals surface area contributed by atoms with E-state index in [9.17, 15) is 0 Å². The van der Waals surface area contributed by atoms with Gasteiger partial charge in [-0.05, 0) is 24.2 Å². The molecule has 3 heteroatoms. The van der Waals surface area contributed by atoms with E-state index >= 15 is 0 Å². The van der Waals surface area contributed by atoms with Crippen LogP contribution in [0, 0.1) is 0 Å². The second-order valence-corrected chi connectivity index (χ2v) is 6.56. The molecular formula is C10H14S3. The maximum atomic E-state index is 4.62. The van der Waals surface area contributed by atoms with Gasteiger partial charge in [0.1, 0.15) is 0 Å². The summed E-state index contributed by atoms with van der Waals surface area (Å²) >= 11 is 8.57. The fourth-order valence-electron chi connectivity index (χ4n) is 1.45. The zero-order chi connectivity index (χ0) is 9.42. The van der Waals surface area contributed by atoms with Crippen LogP contribution in [-0.2, 0) is 0 Å². The Balaban J connectivity index is 2.36. The number of thioether (sulfide) groups is 1. The molecule has 0 spiro atoms. The van der Waals surface area contributed by atoms with E-state index in [0.29, 0.717) is 11.2 Å². The molecule has 0 radical (unpaired) electrons. The van der Waals surface area contributed by atoms with Crippen molar-refractivity contribution in [2.24, 2.45) is 0 Å². The second-order valence-electron chi connectivity index (χ2n) is 3.68. The van der Waals surface area contributed by atoms with Crippen LogP contribution in [0.2, 0.25) is 0 Å². The Hall–Kier alpha value is 0.400. The first-order chi connectivity index (χ1) is 6.18. The average Bonchev–Trinajstić information content (AvgIpc) is 2.49. The van der Waals surface area contributed by atoms with Crippen molar-refractivity contribution in [2.45, 2.75) is 36.3 Å². The third kappa shape index (κ3) is 1.92. The first-order valence-corrected chi connectivity index (χ1v) is 6.95. The van der Waals surface area contributed by atoms with Crippen molar-refractivity contribution in [2.75, 3.05) is 5.75 Å². The summed E-state index contributed by atoms with van der Waals surface area (Å²) in [4.78, 5) is 4.50. The highest BCUT2D eigenvalue weighted by Gasteiger charge is 2.21. The molecule has 0 saturated heterocycles. The topological polar surface area (TPSA) is 0 Å². The minimum atomic E-state index is 0.494. The molecule has 2 heterocycles. The lowest BCUT2D eigenvalue weighted by molar-refractivity contribution is 0.883. The molecule has 0 amide bonds. The molecule has 0 bridgehead atoms. The zero-order valence-corrected chi connectivity index (χ0v) is 10.4. The van der Waals surface area contributed by atoms with Crippen LogP contribution in [0.4, 0.5) is 0 Å². The summed E-state index contributed by atoms with van der Waals surface area (Å²) in [6.45, 7) is 4.52. The number of thiophene rings is 1. The van der Waals surface area contributed by atoms with Gasteiger partial charge in [0.15, 0.2) is 0 Å². The lowest BCUT2D eigenvalue weighted by Crippen LogP contribution is -1.97. The maximum absolute atomic E-state index is 4.62. The smallest absolute Gasteiger partial charge is 0.0380 e. The van der Waals surface area contributed by atoms with Crippen LogP contribution in [-0.4, -0.2) is 5.75 Å². The molecule has 0 saturated carbocycles. The largest absolute Gasteiger partial charge is 0.170 e. The number of hydrogen-bond donors (Lipinski definition) is 1. The standard InChI is InChI=1S/C10H14S3/c1-6(2)8-5-9-10(13-8)7(11)3-4-12-9/h5-7,11H,3-4H2,1-2H3. The van der Waals surface area contributed by atoms with E-state index in [0.717, 1.165) is 0 Å². The van der Waals surface area contributed by atoms with Gasteiger partial charge in [0.25, 0.3) is 0 Å². The maximum Gasteiger partial charge on any atom is 0.0380 e. The summed E-state index contributed by atoms with van der Waals surface area (Å²) in [6, 6.07) is 2.36. The molecule has 0 aliphatic carbocycles. The van der Waals surface area contributed by atoms with E-state index in [2.05, 4.69) is 32.5 Å². The highest BCUT2D eigenvalue weighted by molar-refractivity contribution is 7.99. The Bertz CT molecular complexity index is 301. The third-order valence-electron chi connectivity index (χ3n) is 2.26. The first-order valence-electron chi connectivity index (χ1n) is 4.63. The Morgan fingerprint density at radius 1 is 1.54 bits per heavy atom. The van der Waals surface area contributed by atoms with Crippen LogP contribution in [0.3, 0.4) is 0 Å². The molecule has 1 atom stereocenters. The second kappa shape index (κ2) is 3.87. The molecule has 1 aliphatic heterocycles. The van der Waals surface area contributed by atoms with E-state index in [4.69, 9.17) is 0 Å². The number of hydrogen-bond acceptors (Lipinski definition) is 3. The van der Waals surface area contributed by atoms with Crippen LogP contribution in [0.15, 0.2) is 11.0 Å². The van der Waals surface area contributed by atoms with Gasteiger partial charge in [-0.3, -0.25) is 0 Å². The molecule has 0 aromatic carbocycles. The van der Waals surface area contributed by atoms with E-state index in [1.54, 1.807) is 0 Å². The van der Waals surface area contributed by atoms with Gasteiger partial charge in [-0.15, -0.1) is 23.1 Å². The van der Waals surface area contributed by atoms with Crippen molar-refractivity contribution in [3.63, 3.8) is 0 Å². The average molecular weight is 230 g/mol. The molecule has 1 aromatic heterocycles. The van der Waals surface area contributed by atoms with E-state index < -0.39 is 0 Å². The lowest BCUT2D eigenvalue weighted by Gasteiger charge is -2.16. The lowest BCUT2D eigenvalue weighted by atomic mass is 10.2. The molecule has 0 nitrogen and oxygen atoms in total. The van der Waals surface area contributed by atoms with E-state index in [-0.39, 0.29) is 0 Å². The van der Waals surface area contributed by atoms with Gasteiger partial charge < -0.3 is 0 Å². The number of fused-ring (bicyclic) bond motifs is 1. The first kappa shape index (κ1) is 9.94. The molecule has 0 N–H and O–H groups in total. The quantitative estimate of drug-likeness (QED) is 0.700. The highest BCUT2D eigenvalue weighted by Crippen LogP contribution is 2.45. The fraction of sp³-hybridized carbons (Fsp3) is 0.600. The molecule has 0 fully saturated rings. The SMILES string of the molecule is CC(C)c1cc2c(s1)C(S)CCS2. The number of thiol groups is 1. The summed E-state index contributed by atoms with van der Waals surface area (Å²) < 4.78 is 0. The Kier molecular flexibility index (Phi) is 2.96. The third-order valence-corrected chi connectivity index (χ3v) is 5.72. The van der Waals surface area contributed by atoms with E-state index in [1.165, 1.54) is 26.8 Å². The number of rotatable bonds is 1. The van der Waals surface area contributed by atoms with Crippen molar-refractivity contribution in [3.8, 4) is 0 Å². The molecule has 72 valence electrons. The fourth-order valence-corrected chi connectivity index (χ4v) is 4.66. The van der Waals surface area contributed by atoms with Crippen molar-refractivity contribution in [3.05, 3.63) is 15.8 Å². The van der Waals surface area contributed by atoms with Crippen LogP contribution < -0.4 is 0 Å². The van der Waals surface area contributed by atoms with Gasteiger partial charge in [-0.1, -0.05) is 13.8 Å². The monoisotopic (exact) mass is 230 g/mol. The predicted molar refractivity (Wildman–Crippen MR) is 65.5 cm³/mol. The minimum absolute atomic E-state index is 0.494. The van der Waals surface area contributed by atoms with Crippen LogP contribution in [0.5, 0.6) is 0 Å². The molecule has 1 aromatic rings. The molecule has 1 aliphatic rings. The van der Waals surface area contributed by atoms with Gasteiger partial charge in [0.2, 0.25) is 0 Å². The molecule has 13 heavy (non-hydrogen) atoms. The van der Waals surface area contributed by atoms with Crippen molar-refractivity contribution < 1.29 is 0 Å². The summed E-state index contributed by atoms with van der Waals surface area (Å²) in [6.07, 6.45) is 1.22. The summed E-state index contributed by atoms with van der Waals surface area (Å²) in [5, 5.41) is 0.494. The minimum Gasteiger partial charge on any atom is -0.170 e. The molecular weight excluding hydrogens is 216 g/mol. The van der Waals surface area contributed by atoms with Gasteiger partial charge in [-0.2, -0.15) is 12.6 Å². The Morgan fingerprint density at radius 3 is 2.92 bits per heavy atom. The normalized spacial score (nSPS) is 22.0. The van der Waals surface area contributed by atoms with E-state index in [1.807, 2.05) is 23.1 Å². The Labute approximate surface area is 93.5 Å². The zero-order valence-electron chi connectivity index (χ0n) is 7.91. The van der Waals surface area contributed by atoms with Gasteiger partial charge in [-0.25, -0.2) is 0 Å². The summed E-state index contributed by atoms with van der Waals surface area (Å²) in [5.74, 6) is 1.90. The van der Waals surface area contributed by atoms with Gasteiger partial charge in [0, 0.05) is 19.9 Å². The summed E-state index contributed by atoms with van der Waals surface area (Å²) in [5.41, 5.74) is 0. The van der Waals surface area contributed by atoms with Crippen LogP contribution in [0.1, 0.15) is 41.2 Å². The van der Waals surface area contributed by atoms with Gasteiger partial charge in [0.05, 0.1) is 0 Å².